The maximum absolute atomic E-state index is 11.5. The SMILES string of the molecule is O=C(OCSCCc1ccccc1)c1ccsc1. The highest BCUT2D eigenvalue weighted by atomic mass is 32.2. The standard InChI is InChI=1S/C14H14O2S2/c15-14(13-7-9-17-10-13)16-11-18-8-6-12-4-2-1-3-5-12/h1-5,7,9-10H,6,8,11H2. The molecule has 0 atom stereocenters. The zero-order valence-electron chi connectivity index (χ0n) is 9.87. The fourth-order valence-electron chi connectivity index (χ4n) is 1.45. The van der Waals surface area contributed by atoms with E-state index in [1.54, 1.807) is 23.2 Å². The lowest BCUT2D eigenvalue weighted by Crippen LogP contribution is -2.03. The molecule has 0 fully saturated rings. The molecule has 2 rings (SSSR count). The fraction of sp³-hybridized carbons (Fsp3) is 0.214. The lowest BCUT2D eigenvalue weighted by molar-refractivity contribution is 0.0580. The first kappa shape index (κ1) is 13.2. The fourth-order valence-corrected chi connectivity index (χ4v) is 2.77. The van der Waals surface area contributed by atoms with E-state index in [1.165, 1.54) is 16.9 Å². The summed E-state index contributed by atoms with van der Waals surface area (Å²) in [5, 5.41) is 3.68. The molecule has 0 spiro atoms. The van der Waals surface area contributed by atoms with Crippen molar-refractivity contribution in [3.63, 3.8) is 0 Å². The van der Waals surface area contributed by atoms with Gasteiger partial charge in [-0.2, -0.15) is 11.3 Å². The van der Waals surface area contributed by atoms with E-state index in [9.17, 15) is 4.79 Å². The molecule has 0 amide bonds. The van der Waals surface area contributed by atoms with Crippen LogP contribution < -0.4 is 0 Å². The summed E-state index contributed by atoms with van der Waals surface area (Å²) in [6.07, 6.45) is 1.00. The van der Waals surface area contributed by atoms with Crippen molar-refractivity contribution >= 4 is 29.1 Å². The van der Waals surface area contributed by atoms with Gasteiger partial charge < -0.3 is 4.74 Å². The molecule has 0 bridgehead atoms. The molecule has 0 saturated carbocycles. The number of thiophene rings is 1. The van der Waals surface area contributed by atoms with Gasteiger partial charge in [0.15, 0.2) is 0 Å². The van der Waals surface area contributed by atoms with Crippen LogP contribution in [0.3, 0.4) is 0 Å². The van der Waals surface area contributed by atoms with Crippen LogP contribution in [0.25, 0.3) is 0 Å². The third kappa shape index (κ3) is 4.20. The smallest absolute Gasteiger partial charge is 0.339 e. The number of thioether (sulfide) groups is 1. The molecule has 2 nitrogen and oxygen atoms in total. The molecule has 0 N–H and O–H groups in total. The highest BCUT2D eigenvalue weighted by molar-refractivity contribution is 7.99. The zero-order valence-corrected chi connectivity index (χ0v) is 11.5. The molecule has 4 heteroatoms. The Bertz CT molecular complexity index is 466. The number of hydrogen-bond donors (Lipinski definition) is 0. The average Bonchev–Trinajstić information content (AvgIpc) is 2.93. The van der Waals surface area contributed by atoms with Crippen molar-refractivity contribution in [2.75, 3.05) is 11.7 Å². The van der Waals surface area contributed by atoms with Crippen LogP contribution in [0.1, 0.15) is 15.9 Å². The molecule has 0 saturated heterocycles. The maximum Gasteiger partial charge on any atom is 0.339 e. The predicted molar refractivity (Wildman–Crippen MR) is 77.2 cm³/mol. The topological polar surface area (TPSA) is 26.3 Å². The second kappa shape index (κ2) is 7.24. The van der Waals surface area contributed by atoms with E-state index < -0.39 is 0 Å². The number of rotatable bonds is 6. The molecule has 94 valence electrons. The van der Waals surface area contributed by atoms with Crippen LogP contribution in [0.4, 0.5) is 0 Å². The number of aryl methyl sites for hydroxylation is 1. The van der Waals surface area contributed by atoms with Crippen LogP contribution in [-0.2, 0) is 11.2 Å². The monoisotopic (exact) mass is 278 g/mol. The largest absolute Gasteiger partial charge is 0.451 e. The first-order chi connectivity index (χ1) is 8.86. The van der Waals surface area contributed by atoms with E-state index in [4.69, 9.17) is 4.74 Å². The van der Waals surface area contributed by atoms with E-state index >= 15 is 0 Å². The molecular formula is C14H14O2S2. The molecule has 0 aliphatic heterocycles. The van der Waals surface area contributed by atoms with Crippen LogP contribution in [0.5, 0.6) is 0 Å². The normalized spacial score (nSPS) is 10.2. The molecular weight excluding hydrogens is 264 g/mol. The van der Waals surface area contributed by atoms with Crippen LogP contribution in [0, 0.1) is 0 Å². The van der Waals surface area contributed by atoms with Gasteiger partial charge in [0.05, 0.1) is 5.56 Å². The Morgan fingerprint density at radius 3 is 2.78 bits per heavy atom. The van der Waals surface area contributed by atoms with Gasteiger partial charge in [0.2, 0.25) is 0 Å². The second-order valence-corrected chi connectivity index (χ2v) is 5.54. The highest BCUT2D eigenvalue weighted by Crippen LogP contribution is 2.11. The lowest BCUT2D eigenvalue weighted by atomic mass is 10.2. The number of hydrogen-bond acceptors (Lipinski definition) is 4. The number of esters is 1. The number of carbonyl (C=O) groups is 1. The van der Waals surface area contributed by atoms with Gasteiger partial charge in [-0.3, -0.25) is 0 Å². The number of ether oxygens (including phenoxy) is 1. The van der Waals surface area contributed by atoms with Crippen molar-refractivity contribution in [1.29, 1.82) is 0 Å². The molecule has 1 heterocycles. The van der Waals surface area contributed by atoms with Crippen molar-refractivity contribution in [3.05, 3.63) is 58.3 Å². The Labute approximate surface area is 115 Å². The van der Waals surface area contributed by atoms with Crippen LogP contribution in [0.15, 0.2) is 47.2 Å². The Hall–Kier alpha value is -1.26. The second-order valence-electron chi connectivity index (χ2n) is 3.71. The average molecular weight is 278 g/mol. The van der Waals surface area contributed by atoms with Crippen LogP contribution in [0.2, 0.25) is 0 Å². The minimum atomic E-state index is -0.233. The first-order valence-electron chi connectivity index (χ1n) is 5.67. The van der Waals surface area contributed by atoms with Gasteiger partial charge in [0.1, 0.15) is 5.94 Å². The summed E-state index contributed by atoms with van der Waals surface area (Å²) < 4.78 is 5.16. The van der Waals surface area contributed by atoms with Crippen LogP contribution >= 0.6 is 23.1 Å². The van der Waals surface area contributed by atoms with E-state index in [0.29, 0.717) is 11.5 Å². The minimum absolute atomic E-state index is 0.233. The third-order valence-corrected chi connectivity index (χ3v) is 3.87. The predicted octanol–water partition coefficient (Wildman–Crippen LogP) is 3.84. The molecule has 2 aromatic rings. The van der Waals surface area contributed by atoms with Gasteiger partial charge in [-0.15, -0.1) is 11.8 Å². The maximum atomic E-state index is 11.5. The summed E-state index contributed by atoms with van der Waals surface area (Å²) in [7, 11) is 0. The highest BCUT2D eigenvalue weighted by Gasteiger charge is 2.06. The van der Waals surface area contributed by atoms with E-state index in [-0.39, 0.29) is 5.97 Å². The molecule has 1 aromatic carbocycles. The summed E-state index contributed by atoms with van der Waals surface area (Å²) in [5.74, 6) is 1.14. The van der Waals surface area contributed by atoms with Gasteiger partial charge in [-0.25, -0.2) is 4.79 Å². The summed E-state index contributed by atoms with van der Waals surface area (Å²) in [5.41, 5.74) is 1.96. The Kier molecular flexibility index (Phi) is 5.30. The summed E-state index contributed by atoms with van der Waals surface area (Å²) in [6.45, 7) is 0. The number of benzene rings is 1. The first-order valence-corrected chi connectivity index (χ1v) is 7.77. The number of carbonyl (C=O) groups excluding carboxylic acids is 1. The van der Waals surface area contributed by atoms with Gasteiger partial charge in [0.25, 0.3) is 0 Å². The van der Waals surface area contributed by atoms with Crippen molar-refractivity contribution in [3.8, 4) is 0 Å². The molecule has 18 heavy (non-hydrogen) atoms. The van der Waals surface area contributed by atoms with Crippen LogP contribution in [-0.4, -0.2) is 17.7 Å². The minimum Gasteiger partial charge on any atom is -0.451 e. The quantitative estimate of drug-likeness (QED) is 0.456. The van der Waals surface area contributed by atoms with Crippen molar-refractivity contribution < 1.29 is 9.53 Å². The van der Waals surface area contributed by atoms with Crippen molar-refractivity contribution in [1.82, 2.24) is 0 Å². The zero-order chi connectivity index (χ0) is 12.6. The van der Waals surface area contributed by atoms with Gasteiger partial charge in [0, 0.05) is 11.1 Å². The Balaban J connectivity index is 1.61. The lowest BCUT2D eigenvalue weighted by Gasteiger charge is -2.03. The molecule has 0 unspecified atom stereocenters. The summed E-state index contributed by atoms with van der Waals surface area (Å²) in [4.78, 5) is 11.5. The van der Waals surface area contributed by atoms with Crippen molar-refractivity contribution in [2.45, 2.75) is 6.42 Å². The molecule has 1 aromatic heterocycles. The Morgan fingerprint density at radius 2 is 2.06 bits per heavy atom. The van der Waals surface area contributed by atoms with E-state index in [1.807, 2.05) is 23.6 Å². The van der Waals surface area contributed by atoms with E-state index in [2.05, 4.69) is 12.1 Å². The van der Waals surface area contributed by atoms with Gasteiger partial charge in [-0.05, 0) is 23.4 Å². The Morgan fingerprint density at radius 1 is 1.22 bits per heavy atom. The van der Waals surface area contributed by atoms with E-state index in [0.717, 1.165) is 12.2 Å². The van der Waals surface area contributed by atoms with Gasteiger partial charge in [-0.1, -0.05) is 30.3 Å². The molecule has 0 radical (unpaired) electrons. The summed E-state index contributed by atoms with van der Waals surface area (Å²) in [6, 6.07) is 12.1. The van der Waals surface area contributed by atoms with Gasteiger partial charge >= 0.3 is 5.97 Å². The third-order valence-electron chi connectivity index (χ3n) is 2.41. The summed E-state index contributed by atoms with van der Waals surface area (Å²) >= 11 is 3.14. The molecule has 0 aliphatic rings. The van der Waals surface area contributed by atoms with Crippen molar-refractivity contribution in [2.24, 2.45) is 0 Å². The molecule has 0 aliphatic carbocycles.